The van der Waals surface area contributed by atoms with Crippen LogP contribution in [0.2, 0.25) is 0 Å². The smallest absolute Gasteiger partial charge is 0.233 e. The zero-order chi connectivity index (χ0) is 14.6. The maximum Gasteiger partial charge on any atom is 0.233 e. The Morgan fingerprint density at radius 3 is 2.00 bits per heavy atom. The molecule has 0 radical (unpaired) electrons. The quantitative estimate of drug-likeness (QED) is 0.691. The second-order valence-electron chi connectivity index (χ2n) is 5.54. The van der Waals surface area contributed by atoms with Crippen molar-refractivity contribution in [1.82, 2.24) is 10.2 Å². The summed E-state index contributed by atoms with van der Waals surface area (Å²) in [5.74, 6) is -0.0603. The zero-order valence-corrected chi connectivity index (χ0v) is 13.3. The summed E-state index contributed by atoms with van der Waals surface area (Å²) >= 11 is 5.07. The Morgan fingerprint density at radius 1 is 1.28 bits per heavy atom. The van der Waals surface area contributed by atoms with Gasteiger partial charge in [0.2, 0.25) is 5.91 Å². The number of hydrogen-bond acceptors (Lipinski definition) is 3. The molecule has 106 valence electrons. The van der Waals surface area contributed by atoms with Gasteiger partial charge in [-0.05, 0) is 40.8 Å². The summed E-state index contributed by atoms with van der Waals surface area (Å²) in [7, 11) is 3.99. The summed E-state index contributed by atoms with van der Waals surface area (Å²) in [5, 5.41) is 2.98. The fourth-order valence-corrected chi connectivity index (χ4v) is 2.04. The van der Waals surface area contributed by atoms with Gasteiger partial charge in [0, 0.05) is 12.1 Å². The third kappa shape index (κ3) is 3.65. The van der Waals surface area contributed by atoms with Gasteiger partial charge in [0.25, 0.3) is 0 Å². The minimum absolute atomic E-state index is 0.0603. The number of likely N-dealkylation sites (N-methyl/N-ethyl adjacent to an activating group) is 1. The van der Waals surface area contributed by atoms with E-state index in [-0.39, 0.29) is 16.4 Å². The minimum atomic E-state index is -0.711. The lowest BCUT2D eigenvalue weighted by Gasteiger charge is -2.35. The summed E-state index contributed by atoms with van der Waals surface area (Å²) < 4.78 is 0. The number of nitrogens with two attached hydrogens (primary N) is 1. The average molecular weight is 273 g/mol. The predicted molar refractivity (Wildman–Crippen MR) is 80.6 cm³/mol. The number of thiocarbonyl (C=S) groups is 1. The van der Waals surface area contributed by atoms with Crippen molar-refractivity contribution < 1.29 is 4.79 Å². The van der Waals surface area contributed by atoms with Gasteiger partial charge in [-0.2, -0.15) is 0 Å². The van der Waals surface area contributed by atoms with Gasteiger partial charge in [0.15, 0.2) is 0 Å². The van der Waals surface area contributed by atoms with Crippen molar-refractivity contribution in [2.45, 2.75) is 46.1 Å². The van der Waals surface area contributed by atoms with Crippen molar-refractivity contribution in [2.75, 3.05) is 20.6 Å². The van der Waals surface area contributed by atoms with Crippen molar-refractivity contribution in [1.29, 1.82) is 0 Å². The lowest BCUT2D eigenvalue weighted by Crippen LogP contribution is -2.54. The number of amides is 1. The van der Waals surface area contributed by atoms with Crippen LogP contribution >= 0.6 is 12.2 Å². The number of hydrogen-bond donors (Lipinski definition) is 2. The van der Waals surface area contributed by atoms with E-state index in [9.17, 15) is 4.79 Å². The van der Waals surface area contributed by atoms with Crippen LogP contribution in [0.15, 0.2) is 0 Å². The number of nitrogens with zero attached hydrogens (tertiary/aromatic N) is 1. The molecule has 0 spiro atoms. The van der Waals surface area contributed by atoms with Gasteiger partial charge in [0.1, 0.15) is 0 Å². The Hall–Kier alpha value is -0.680. The third-order valence-corrected chi connectivity index (χ3v) is 4.40. The van der Waals surface area contributed by atoms with Crippen LogP contribution in [0.25, 0.3) is 0 Å². The molecule has 0 unspecified atom stereocenters. The lowest BCUT2D eigenvalue weighted by molar-refractivity contribution is -0.128. The highest BCUT2D eigenvalue weighted by atomic mass is 32.1. The summed E-state index contributed by atoms with van der Waals surface area (Å²) in [4.78, 5) is 14.7. The van der Waals surface area contributed by atoms with Crippen molar-refractivity contribution in [3.8, 4) is 0 Å². The molecule has 0 fully saturated rings. The van der Waals surface area contributed by atoms with Gasteiger partial charge in [-0.1, -0.05) is 26.1 Å². The first-order valence-electron chi connectivity index (χ1n) is 6.39. The second-order valence-corrected chi connectivity index (χ2v) is 5.98. The molecule has 0 aromatic carbocycles. The first kappa shape index (κ1) is 17.3. The van der Waals surface area contributed by atoms with Gasteiger partial charge >= 0.3 is 0 Å². The Morgan fingerprint density at radius 2 is 1.72 bits per heavy atom. The van der Waals surface area contributed by atoms with Crippen LogP contribution in [0.1, 0.15) is 40.5 Å². The van der Waals surface area contributed by atoms with E-state index in [1.165, 1.54) is 0 Å². The maximum atomic E-state index is 12.3. The highest BCUT2D eigenvalue weighted by Crippen LogP contribution is 2.27. The fraction of sp³-hybridized carbons (Fsp3) is 0.846. The summed E-state index contributed by atoms with van der Waals surface area (Å²) in [6.45, 7) is 8.61. The molecule has 0 heterocycles. The topological polar surface area (TPSA) is 58.4 Å². The first-order chi connectivity index (χ1) is 8.14. The molecule has 0 rings (SSSR count). The molecular formula is C13H27N3OS. The largest absolute Gasteiger partial charge is 0.392 e. The van der Waals surface area contributed by atoms with Crippen LogP contribution in [0, 0.1) is 5.41 Å². The molecule has 0 saturated heterocycles. The summed E-state index contributed by atoms with van der Waals surface area (Å²) in [6, 6.07) is 0. The number of carbonyl (C=O) groups excluding carboxylic acids is 1. The highest BCUT2D eigenvalue weighted by molar-refractivity contribution is 7.80. The van der Waals surface area contributed by atoms with Crippen LogP contribution in [0.3, 0.4) is 0 Å². The molecule has 0 bridgehead atoms. The van der Waals surface area contributed by atoms with Crippen LogP contribution < -0.4 is 11.1 Å². The van der Waals surface area contributed by atoms with E-state index in [0.717, 1.165) is 0 Å². The van der Waals surface area contributed by atoms with Crippen LogP contribution in [-0.4, -0.2) is 42.0 Å². The van der Waals surface area contributed by atoms with E-state index in [1.54, 1.807) is 0 Å². The number of rotatable bonds is 7. The monoisotopic (exact) mass is 273 g/mol. The van der Waals surface area contributed by atoms with Crippen molar-refractivity contribution in [3.63, 3.8) is 0 Å². The van der Waals surface area contributed by atoms with Gasteiger partial charge < -0.3 is 16.0 Å². The van der Waals surface area contributed by atoms with Gasteiger partial charge in [0.05, 0.1) is 10.4 Å². The molecule has 18 heavy (non-hydrogen) atoms. The molecule has 0 aliphatic rings. The first-order valence-corrected chi connectivity index (χ1v) is 6.80. The Kier molecular flexibility index (Phi) is 6.23. The SMILES string of the molecule is CCC(CC)(C(=O)NCC(C)(C)N(C)C)C(N)=S. The molecule has 3 N–H and O–H groups in total. The fourth-order valence-electron chi connectivity index (χ4n) is 1.66. The number of nitrogens with one attached hydrogen (secondary N) is 1. The normalized spacial score (nSPS) is 12.6. The molecule has 0 atom stereocenters. The summed E-state index contributed by atoms with van der Waals surface area (Å²) in [6.07, 6.45) is 1.26. The third-order valence-electron chi connectivity index (χ3n) is 4.01. The molecule has 0 aliphatic heterocycles. The van der Waals surface area contributed by atoms with Gasteiger partial charge in [-0.25, -0.2) is 0 Å². The molecule has 0 aromatic heterocycles. The Bertz CT molecular complexity index is 309. The Balaban J connectivity index is 4.80. The molecule has 5 heteroatoms. The van der Waals surface area contributed by atoms with Gasteiger partial charge in [-0.15, -0.1) is 0 Å². The molecule has 1 amide bonds. The maximum absolute atomic E-state index is 12.3. The number of carbonyl (C=O) groups is 1. The van der Waals surface area contributed by atoms with E-state index in [0.29, 0.717) is 19.4 Å². The second kappa shape index (κ2) is 6.48. The highest BCUT2D eigenvalue weighted by Gasteiger charge is 2.38. The van der Waals surface area contributed by atoms with Crippen LogP contribution in [-0.2, 0) is 4.79 Å². The standard InChI is InChI=1S/C13H27N3OS/c1-7-13(8-2,10(14)18)11(17)15-9-12(3,4)16(5)6/h7-9H2,1-6H3,(H2,14,18)(H,15,17). The van der Waals surface area contributed by atoms with Gasteiger partial charge in [-0.3, -0.25) is 4.79 Å². The van der Waals surface area contributed by atoms with E-state index in [4.69, 9.17) is 18.0 Å². The van der Waals surface area contributed by atoms with Crippen LogP contribution in [0.4, 0.5) is 0 Å². The van der Waals surface area contributed by atoms with E-state index in [2.05, 4.69) is 24.1 Å². The van der Waals surface area contributed by atoms with Crippen molar-refractivity contribution >= 4 is 23.1 Å². The molecule has 0 saturated carbocycles. The Labute approximate surface area is 116 Å². The predicted octanol–water partition coefficient (Wildman–Crippen LogP) is 1.54. The molecular weight excluding hydrogens is 246 g/mol. The van der Waals surface area contributed by atoms with E-state index in [1.807, 2.05) is 27.9 Å². The zero-order valence-electron chi connectivity index (χ0n) is 12.5. The molecule has 0 aromatic rings. The average Bonchev–Trinajstić information content (AvgIpc) is 2.28. The van der Waals surface area contributed by atoms with Crippen molar-refractivity contribution in [3.05, 3.63) is 0 Å². The minimum Gasteiger partial charge on any atom is -0.392 e. The lowest BCUT2D eigenvalue weighted by atomic mass is 9.81. The van der Waals surface area contributed by atoms with E-state index < -0.39 is 5.41 Å². The van der Waals surface area contributed by atoms with Crippen LogP contribution in [0.5, 0.6) is 0 Å². The van der Waals surface area contributed by atoms with Crippen molar-refractivity contribution in [2.24, 2.45) is 11.1 Å². The summed E-state index contributed by atoms with van der Waals surface area (Å²) in [5.41, 5.74) is 4.94. The van der Waals surface area contributed by atoms with E-state index >= 15 is 0 Å². The molecule has 0 aliphatic carbocycles. The molecule has 4 nitrogen and oxygen atoms in total.